The van der Waals surface area contributed by atoms with Crippen LogP contribution in [0, 0.1) is 0 Å². The number of aliphatic hydroxyl groups excluding tert-OH is 1. The van der Waals surface area contributed by atoms with Crippen molar-refractivity contribution in [1.29, 1.82) is 0 Å². The van der Waals surface area contributed by atoms with Crippen LogP contribution in [0.1, 0.15) is 18.9 Å². The van der Waals surface area contributed by atoms with Gasteiger partial charge in [0.15, 0.2) is 0 Å². The molecule has 1 unspecified atom stereocenters. The fraction of sp³-hybridized carbons (Fsp3) is 0.500. The fourth-order valence-corrected chi connectivity index (χ4v) is 3.18. The maximum absolute atomic E-state index is 12.9. The molecule has 1 atom stereocenters. The first-order chi connectivity index (χ1) is 11.9. The molecule has 1 aliphatic heterocycles. The summed E-state index contributed by atoms with van der Waals surface area (Å²) in [5.41, 5.74) is 0.591. The van der Waals surface area contributed by atoms with Crippen LogP contribution in [0.5, 0.6) is 0 Å². The van der Waals surface area contributed by atoms with Crippen molar-refractivity contribution in [2.45, 2.75) is 25.6 Å². The zero-order valence-electron chi connectivity index (χ0n) is 14.1. The second-order valence-electron chi connectivity index (χ2n) is 6.41. The third-order valence-electron chi connectivity index (χ3n) is 4.70. The molecule has 1 aromatic heterocycles. The Morgan fingerprint density at radius 1 is 1.16 bits per heavy atom. The van der Waals surface area contributed by atoms with Crippen LogP contribution < -0.4 is 4.90 Å². The normalized spacial score (nSPS) is 17.9. The van der Waals surface area contributed by atoms with Gasteiger partial charge in [-0.2, -0.15) is 13.2 Å². The molecule has 0 aliphatic carbocycles. The minimum atomic E-state index is -4.36. The molecule has 3 rings (SSSR count). The number of fused-ring (bicyclic) bond motifs is 1. The number of piperazine rings is 1. The summed E-state index contributed by atoms with van der Waals surface area (Å²) in [4.78, 5) is 8.50. The minimum Gasteiger partial charge on any atom is -0.392 e. The van der Waals surface area contributed by atoms with E-state index in [-0.39, 0.29) is 6.10 Å². The monoisotopic (exact) mass is 353 g/mol. The largest absolute Gasteiger partial charge is 0.416 e. The lowest BCUT2D eigenvalue weighted by atomic mass is 10.1. The van der Waals surface area contributed by atoms with E-state index in [4.69, 9.17) is 0 Å². The van der Waals surface area contributed by atoms with Crippen LogP contribution in [-0.4, -0.2) is 53.8 Å². The summed E-state index contributed by atoms with van der Waals surface area (Å²) >= 11 is 0. The number of hydrogen-bond donors (Lipinski definition) is 1. The highest BCUT2D eigenvalue weighted by Crippen LogP contribution is 2.33. The van der Waals surface area contributed by atoms with Gasteiger partial charge in [0, 0.05) is 50.0 Å². The van der Waals surface area contributed by atoms with E-state index in [2.05, 4.69) is 14.8 Å². The molecule has 0 amide bonds. The number of benzene rings is 1. The smallest absolute Gasteiger partial charge is 0.392 e. The summed E-state index contributed by atoms with van der Waals surface area (Å²) in [6.45, 7) is 5.81. The van der Waals surface area contributed by atoms with Crippen LogP contribution >= 0.6 is 0 Å². The number of pyridine rings is 1. The molecule has 1 N–H and O–H groups in total. The maximum Gasteiger partial charge on any atom is 0.416 e. The first-order valence-electron chi connectivity index (χ1n) is 8.50. The molecule has 0 bridgehead atoms. The Hall–Kier alpha value is -1.86. The number of rotatable bonds is 4. The standard InChI is InChI=1S/C18H22F3N3O/c1-2-14(25)12-23-7-9-24(10-8-23)17-5-6-22-16-11-13(18(19,20)21)3-4-15(16)17/h3-6,11,14,25H,2,7-10,12H2,1H3. The van der Waals surface area contributed by atoms with Gasteiger partial charge in [0.25, 0.3) is 0 Å². The predicted octanol–water partition coefficient (Wildman–Crippen LogP) is 3.15. The average Bonchev–Trinajstić information content (AvgIpc) is 2.60. The van der Waals surface area contributed by atoms with Gasteiger partial charge in [-0.05, 0) is 24.6 Å². The highest BCUT2D eigenvalue weighted by Gasteiger charge is 2.31. The number of alkyl halides is 3. The average molecular weight is 353 g/mol. The number of nitrogens with zero attached hydrogens (tertiary/aromatic N) is 3. The second kappa shape index (κ2) is 7.17. The first kappa shape index (κ1) is 17.9. The lowest BCUT2D eigenvalue weighted by Crippen LogP contribution is -2.48. The molecule has 1 saturated heterocycles. The molecule has 0 radical (unpaired) electrons. The molecule has 2 aromatic rings. The van der Waals surface area contributed by atoms with E-state index in [1.807, 2.05) is 13.0 Å². The van der Waals surface area contributed by atoms with Crippen molar-refractivity contribution in [3.05, 3.63) is 36.0 Å². The highest BCUT2D eigenvalue weighted by atomic mass is 19.4. The predicted molar refractivity (Wildman–Crippen MR) is 91.7 cm³/mol. The van der Waals surface area contributed by atoms with Crippen molar-refractivity contribution in [2.24, 2.45) is 0 Å². The zero-order chi connectivity index (χ0) is 18.0. The molecule has 1 aromatic carbocycles. The third-order valence-corrected chi connectivity index (χ3v) is 4.70. The maximum atomic E-state index is 12.9. The van der Waals surface area contributed by atoms with Crippen LogP contribution in [-0.2, 0) is 6.18 Å². The van der Waals surface area contributed by atoms with Crippen molar-refractivity contribution in [3.8, 4) is 0 Å². The zero-order valence-corrected chi connectivity index (χ0v) is 14.1. The van der Waals surface area contributed by atoms with Crippen molar-refractivity contribution in [1.82, 2.24) is 9.88 Å². The number of hydrogen-bond acceptors (Lipinski definition) is 4. The summed E-state index contributed by atoms with van der Waals surface area (Å²) in [7, 11) is 0. The quantitative estimate of drug-likeness (QED) is 0.917. The first-order valence-corrected chi connectivity index (χ1v) is 8.50. The van der Waals surface area contributed by atoms with Gasteiger partial charge in [-0.25, -0.2) is 0 Å². The lowest BCUT2D eigenvalue weighted by molar-refractivity contribution is -0.137. The van der Waals surface area contributed by atoms with E-state index in [9.17, 15) is 18.3 Å². The number of anilines is 1. The van der Waals surface area contributed by atoms with Gasteiger partial charge in [0.05, 0.1) is 17.2 Å². The van der Waals surface area contributed by atoms with Crippen molar-refractivity contribution in [3.63, 3.8) is 0 Å². The Labute approximate surface area is 144 Å². The van der Waals surface area contributed by atoms with Crippen LogP contribution in [0.4, 0.5) is 18.9 Å². The summed E-state index contributed by atoms with van der Waals surface area (Å²) < 4.78 is 38.6. The van der Waals surface area contributed by atoms with Crippen LogP contribution in [0.15, 0.2) is 30.5 Å². The Bertz CT molecular complexity index is 727. The number of aliphatic hydroxyl groups is 1. The molecule has 7 heteroatoms. The second-order valence-corrected chi connectivity index (χ2v) is 6.41. The van der Waals surface area contributed by atoms with E-state index in [1.54, 1.807) is 6.20 Å². The van der Waals surface area contributed by atoms with Crippen molar-refractivity contribution < 1.29 is 18.3 Å². The highest BCUT2D eigenvalue weighted by molar-refractivity contribution is 5.92. The van der Waals surface area contributed by atoms with Gasteiger partial charge in [0.2, 0.25) is 0 Å². The Balaban J connectivity index is 1.78. The van der Waals surface area contributed by atoms with Crippen LogP contribution in [0.25, 0.3) is 10.9 Å². The van der Waals surface area contributed by atoms with Gasteiger partial charge in [0.1, 0.15) is 0 Å². The van der Waals surface area contributed by atoms with Gasteiger partial charge >= 0.3 is 6.18 Å². The van der Waals surface area contributed by atoms with E-state index < -0.39 is 11.7 Å². The molecular formula is C18H22F3N3O. The molecule has 0 saturated carbocycles. The van der Waals surface area contributed by atoms with Crippen molar-refractivity contribution >= 4 is 16.6 Å². The van der Waals surface area contributed by atoms with Gasteiger partial charge in [-0.3, -0.25) is 9.88 Å². The Morgan fingerprint density at radius 3 is 2.52 bits per heavy atom. The third kappa shape index (κ3) is 4.04. The Morgan fingerprint density at radius 2 is 1.88 bits per heavy atom. The van der Waals surface area contributed by atoms with E-state index >= 15 is 0 Å². The molecular weight excluding hydrogens is 331 g/mol. The molecule has 25 heavy (non-hydrogen) atoms. The molecule has 2 heterocycles. The fourth-order valence-electron chi connectivity index (χ4n) is 3.18. The molecule has 4 nitrogen and oxygen atoms in total. The van der Waals surface area contributed by atoms with Crippen LogP contribution in [0.3, 0.4) is 0 Å². The summed E-state index contributed by atoms with van der Waals surface area (Å²) in [5.74, 6) is 0. The van der Waals surface area contributed by atoms with Gasteiger partial charge < -0.3 is 10.0 Å². The number of β-amino-alcohol motifs (C(OH)–C–C–N with tert-alkyl or cyclic N) is 1. The van der Waals surface area contributed by atoms with E-state index in [1.165, 1.54) is 6.07 Å². The van der Waals surface area contributed by atoms with E-state index in [0.717, 1.165) is 55.8 Å². The van der Waals surface area contributed by atoms with E-state index in [0.29, 0.717) is 12.1 Å². The number of aromatic nitrogens is 1. The molecule has 0 spiro atoms. The molecule has 1 aliphatic rings. The summed E-state index contributed by atoms with van der Waals surface area (Å²) in [6, 6.07) is 5.58. The van der Waals surface area contributed by atoms with Crippen LogP contribution in [0.2, 0.25) is 0 Å². The lowest BCUT2D eigenvalue weighted by Gasteiger charge is -2.37. The topological polar surface area (TPSA) is 39.6 Å². The molecule has 136 valence electrons. The number of halogens is 3. The van der Waals surface area contributed by atoms with Gasteiger partial charge in [-0.15, -0.1) is 0 Å². The van der Waals surface area contributed by atoms with Crippen molar-refractivity contribution in [2.75, 3.05) is 37.6 Å². The molecule has 1 fully saturated rings. The minimum absolute atomic E-state index is 0.311. The Kier molecular flexibility index (Phi) is 5.15. The SMILES string of the molecule is CCC(O)CN1CCN(c2ccnc3cc(C(F)(F)F)ccc23)CC1. The van der Waals surface area contributed by atoms with Gasteiger partial charge in [-0.1, -0.05) is 13.0 Å². The summed E-state index contributed by atoms with van der Waals surface area (Å²) in [5, 5.41) is 10.5. The summed E-state index contributed by atoms with van der Waals surface area (Å²) in [6.07, 6.45) is -2.38.